The minimum atomic E-state index is -0.0232. The highest BCUT2D eigenvalue weighted by Gasteiger charge is 2.14. The summed E-state index contributed by atoms with van der Waals surface area (Å²) < 4.78 is 1.68. The number of nitrogens with zero attached hydrogens (tertiary/aromatic N) is 2. The molecule has 130 valence electrons. The first kappa shape index (κ1) is 15.6. The molecule has 4 heteroatoms. The van der Waals surface area contributed by atoms with Crippen LogP contribution in [0.3, 0.4) is 0 Å². The van der Waals surface area contributed by atoms with Gasteiger partial charge >= 0.3 is 0 Å². The van der Waals surface area contributed by atoms with E-state index in [0.29, 0.717) is 11.9 Å². The Morgan fingerprint density at radius 3 is 2.37 bits per heavy atom. The molecule has 0 bridgehead atoms. The van der Waals surface area contributed by atoms with Crippen molar-refractivity contribution in [1.29, 1.82) is 0 Å². The molecule has 0 saturated carbocycles. The first-order valence-corrected chi connectivity index (χ1v) is 8.90. The van der Waals surface area contributed by atoms with Crippen molar-refractivity contribution in [3.63, 3.8) is 0 Å². The lowest BCUT2D eigenvalue weighted by Gasteiger charge is -2.09. The van der Waals surface area contributed by atoms with Crippen LogP contribution >= 0.6 is 0 Å². The molecule has 0 aliphatic rings. The highest BCUT2D eigenvalue weighted by molar-refractivity contribution is 5.90. The smallest absolute Gasteiger partial charge is 0.261 e. The van der Waals surface area contributed by atoms with Gasteiger partial charge in [0.05, 0.1) is 29.5 Å². The molecule has 0 fully saturated rings. The molecule has 4 nitrogen and oxygen atoms in total. The van der Waals surface area contributed by atoms with Crippen LogP contribution in [0.25, 0.3) is 33.1 Å². The van der Waals surface area contributed by atoms with Crippen molar-refractivity contribution < 1.29 is 0 Å². The first-order valence-electron chi connectivity index (χ1n) is 8.90. The maximum atomic E-state index is 13.0. The maximum Gasteiger partial charge on any atom is 0.261 e. The summed E-state index contributed by atoms with van der Waals surface area (Å²) in [6.45, 7) is 0.463. The van der Waals surface area contributed by atoms with Gasteiger partial charge in [-0.1, -0.05) is 60.7 Å². The molecule has 0 aliphatic carbocycles. The van der Waals surface area contributed by atoms with Gasteiger partial charge in [-0.3, -0.25) is 9.36 Å². The Bertz CT molecular complexity index is 1320. The van der Waals surface area contributed by atoms with Gasteiger partial charge in [0.1, 0.15) is 0 Å². The highest BCUT2D eigenvalue weighted by Crippen LogP contribution is 2.30. The number of nitrogens with one attached hydrogen (secondary N) is 1. The van der Waals surface area contributed by atoms with E-state index < -0.39 is 0 Å². The molecular weight excluding hydrogens is 334 g/mol. The van der Waals surface area contributed by atoms with Crippen LogP contribution in [0.4, 0.5) is 0 Å². The fourth-order valence-corrected chi connectivity index (χ4v) is 3.60. The second-order valence-corrected chi connectivity index (χ2v) is 6.58. The van der Waals surface area contributed by atoms with Crippen LogP contribution in [0.15, 0.2) is 90.0 Å². The summed E-state index contributed by atoms with van der Waals surface area (Å²) >= 11 is 0. The van der Waals surface area contributed by atoms with Gasteiger partial charge in [-0.05, 0) is 23.8 Å². The summed E-state index contributed by atoms with van der Waals surface area (Å²) in [4.78, 5) is 20.9. The number of rotatable bonds is 3. The fraction of sp³-hybridized carbons (Fsp3) is 0.0435. The molecule has 0 amide bonds. The Morgan fingerprint density at radius 2 is 1.52 bits per heavy atom. The van der Waals surface area contributed by atoms with E-state index in [4.69, 9.17) is 0 Å². The molecule has 3 aromatic carbocycles. The van der Waals surface area contributed by atoms with Crippen LogP contribution in [0.2, 0.25) is 0 Å². The van der Waals surface area contributed by atoms with E-state index in [1.807, 2.05) is 54.6 Å². The van der Waals surface area contributed by atoms with Crippen LogP contribution in [-0.2, 0) is 6.54 Å². The first-order chi connectivity index (χ1) is 13.3. The third-order valence-corrected chi connectivity index (χ3v) is 4.94. The lowest BCUT2D eigenvalue weighted by molar-refractivity contribution is 0.753. The van der Waals surface area contributed by atoms with Crippen LogP contribution in [0.5, 0.6) is 0 Å². The van der Waals surface area contributed by atoms with Crippen molar-refractivity contribution >= 4 is 21.8 Å². The third kappa shape index (κ3) is 2.62. The highest BCUT2D eigenvalue weighted by atomic mass is 16.1. The van der Waals surface area contributed by atoms with Gasteiger partial charge in [0.2, 0.25) is 0 Å². The zero-order valence-electron chi connectivity index (χ0n) is 14.6. The Balaban J connectivity index is 1.72. The Labute approximate surface area is 155 Å². The lowest BCUT2D eigenvalue weighted by atomic mass is 10.1. The molecule has 0 spiro atoms. The van der Waals surface area contributed by atoms with Crippen molar-refractivity contribution in [2.75, 3.05) is 0 Å². The van der Waals surface area contributed by atoms with Gasteiger partial charge < -0.3 is 4.98 Å². The average Bonchev–Trinajstić information content (AvgIpc) is 3.09. The summed E-state index contributed by atoms with van der Waals surface area (Å²) in [5, 5.41) is 1.76. The minimum Gasteiger partial charge on any atom is -0.354 e. The van der Waals surface area contributed by atoms with Crippen LogP contribution in [-0.4, -0.2) is 14.5 Å². The summed E-state index contributed by atoms with van der Waals surface area (Å²) in [5.74, 6) is 0. The number of H-pyrrole nitrogens is 1. The number of aromatic amines is 1. The van der Waals surface area contributed by atoms with Gasteiger partial charge in [-0.25, -0.2) is 4.98 Å². The number of aromatic nitrogens is 3. The molecule has 2 aromatic heterocycles. The van der Waals surface area contributed by atoms with Gasteiger partial charge in [-0.2, -0.15) is 0 Å². The summed E-state index contributed by atoms with van der Waals surface area (Å²) in [5.41, 5.74) is 5.00. The normalized spacial score (nSPS) is 11.3. The van der Waals surface area contributed by atoms with E-state index >= 15 is 0 Å². The predicted molar refractivity (Wildman–Crippen MR) is 109 cm³/mol. The van der Waals surface area contributed by atoms with E-state index in [0.717, 1.165) is 33.2 Å². The fourth-order valence-electron chi connectivity index (χ4n) is 3.60. The molecule has 0 atom stereocenters. The summed E-state index contributed by atoms with van der Waals surface area (Å²) in [7, 11) is 0. The van der Waals surface area contributed by atoms with Gasteiger partial charge in [0.15, 0.2) is 0 Å². The van der Waals surface area contributed by atoms with Gasteiger partial charge in [-0.15, -0.1) is 0 Å². The third-order valence-electron chi connectivity index (χ3n) is 4.94. The Hall–Kier alpha value is -3.66. The van der Waals surface area contributed by atoms with Crippen molar-refractivity contribution in [2.24, 2.45) is 0 Å². The summed E-state index contributed by atoms with van der Waals surface area (Å²) in [6, 6.07) is 25.9. The van der Waals surface area contributed by atoms with Crippen LogP contribution < -0.4 is 5.56 Å². The molecule has 0 unspecified atom stereocenters. The molecule has 2 heterocycles. The minimum absolute atomic E-state index is 0.0232. The Morgan fingerprint density at radius 1 is 0.815 bits per heavy atom. The molecule has 5 rings (SSSR count). The predicted octanol–water partition coefficient (Wildman–Crippen LogP) is 4.59. The quantitative estimate of drug-likeness (QED) is 0.517. The average molecular weight is 351 g/mol. The van der Waals surface area contributed by atoms with Crippen LogP contribution in [0, 0.1) is 0 Å². The molecule has 0 radical (unpaired) electrons. The van der Waals surface area contributed by atoms with Gasteiger partial charge in [0, 0.05) is 16.5 Å². The molecular formula is C23H17N3O. The van der Waals surface area contributed by atoms with E-state index in [1.165, 1.54) is 0 Å². The van der Waals surface area contributed by atoms with Crippen LogP contribution in [0.1, 0.15) is 5.56 Å². The zero-order valence-corrected chi connectivity index (χ0v) is 14.6. The number of hydrogen-bond acceptors (Lipinski definition) is 2. The number of fused-ring (bicyclic) bond motifs is 2. The molecule has 27 heavy (non-hydrogen) atoms. The molecule has 1 N–H and O–H groups in total. The number of benzene rings is 3. The molecule has 5 aromatic rings. The number of hydrogen-bond donors (Lipinski definition) is 1. The van der Waals surface area contributed by atoms with Crippen molar-refractivity contribution in [1.82, 2.24) is 14.5 Å². The maximum absolute atomic E-state index is 13.0. The standard InChI is InChI=1S/C23H17N3O/c27-23-18-11-5-6-12-20(18)24-15-26(23)14-19-17-10-4-7-13-21(17)25-22(19)16-8-2-1-3-9-16/h1-13,15,25H,14H2. The number of para-hydroxylation sites is 2. The van der Waals surface area contributed by atoms with Crippen molar-refractivity contribution in [3.05, 3.63) is 101 Å². The SMILES string of the molecule is O=c1c2ccccc2ncn1Cc1c(-c2ccccc2)[nH]c2ccccc12. The monoisotopic (exact) mass is 351 g/mol. The van der Waals surface area contributed by atoms with E-state index in [2.05, 4.69) is 34.2 Å². The lowest BCUT2D eigenvalue weighted by Crippen LogP contribution is -2.21. The Kier molecular flexibility index (Phi) is 3.61. The molecule has 0 saturated heterocycles. The van der Waals surface area contributed by atoms with Crippen molar-refractivity contribution in [2.45, 2.75) is 6.54 Å². The second-order valence-electron chi connectivity index (χ2n) is 6.58. The largest absolute Gasteiger partial charge is 0.354 e. The van der Waals surface area contributed by atoms with E-state index in [9.17, 15) is 4.79 Å². The zero-order chi connectivity index (χ0) is 18.2. The topological polar surface area (TPSA) is 50.7 Å². The summed E-state index contributed by atoms with van der Waals surface area (Å²) in [6.07, 6.45) is 1.64. The van der Waals surface area contributed by atoms with Gasteiger partial charge in [0.25, 0.3) is 5.56 Å². The molecule has 0 aliphatic heterocycles. The van der Waals surface area contributed by atoms with Crippen molar-refractivity contribution in [3.8, 4) is 11.3 Å². The van der Waals surface area contributed by atoms with E-state index in [-0.39, 0.29) is 5.56 Å². The van der Waals surface area contributed by atoms with E-state index in [1.54, 1.807) is 10.9 Å². The second kappa shape index (κ2) is 6.25.